The van der Waals surface area contributed by atoms with Gasteiger partial charge in [-0.3, -0.25) is 15.1 Å². The number of hydrogen-bond donors (Lipinski definition) is 1. The molecule has 0 heterocycles. The Bertz CT molecular complexity index is 571. The topological polar surface area (TPSA) is 40.5 Å². The van der Waals surface area contributed by atoms with Crippen LogP contribution in [0.2, 0.25) is 0 Å². The Morgan fingerprint density at radius 2 is 1.38 bits per heavy atom. The predicted molar refractivity (Wildman–Crippen MR) is 110 cm³/mol. The highest BCUT2D eigenvalue weighted by atomic mass is 16.5. The van der Waals surface area contributed by atoms with Crippen LogP contribution >= 0.6 is 0 Å². The molecule has 148 valence electrons. The van der Waals surface area contributed by atoms with Gasteiger partial charge in [0.2, 0.25) is 0 Å². The lowest BCUT2D eigenvalue weighted by Crippen LogP contribution is -2.38. The summed E-state index contributed by atoms with van der Waals surface area (Å²) in [4.78, 5) is 13.0. The fourth-order valence-corrected chi connectivity index (χ4v) is 3.08. The van der Waals surface area contributed by atoms with Gasteiger partial charge >= 0.3 is 0 Å². The van der Waals surface area contributed by atoms with Crippen molar-refractivity contribution in [3.63, 3.8) is 0 Å². The van der Waals surface area contributed by atoms with Crippen molar-refractivity contribution in [1.29, 1.82) is 0 Å². The van der Waals surface area contributed by atoms with E-state index in [4.69, 9.17) is 0 Å². The molecular formula is C23H39NO2. The lowest BCUT2D eigenvalue weighted by atomic mass is 9.72. The average Bonchev–Trinajstić information content (AvgIpc) is 2.46. The summed E-state index contributed by atoms with van der Waals surface area (Å²) in [5.74, 6) is 0.119. The summed E-state index contributed by atoms with van der Waals surface area (Å²) in [6, 6.07) is 0. The molecule has 0 saturated carbocycles. The van der Waals surface area contributed by atoms with Crippen LogP contribution in [0.15, 0.2) is 35.1 Å². The minimum absolute atomic E-state index is 0.119. The first-order valence-electron chi connectivity index (χ1n) is 9.89. The van der Waals surface area contributed by atoms with Crippen LogP contribution in [0, 0.1) is 10.8 Å². The van der Waals surface area contributed by atoms with Crippen LogP contribution < -0.4 is 0 Å². The molecule has 1 N–H and O–H groups in total. The van der Waals surface area contributed by atoms with Crippen LogP contribution in [0.5, 0.6) is 0 Å². The van der Waals surface area contributed by atoms with E-state index in [9.17, 15) is 10.0 Å². The first-order valence-corrected chi connectivity index (χ1v) is 9.89. The highest BCUT2D eigenvalue weighted by Crippen LogP contribution is 2.39. The van der Waals surface area contributed by atoms with Crippen molar-refractivity contribution >= 4 is 5.78 Å². The molecule has 0 aromatic heterocycles. The number of unbranched alkanes of at least 4 members (excludes halogenated alkanes) is 2. The standard InChI is InChI=1S/C23H39NO2/c1-10-11-12-13-23(8,9)24(26)16-17-14-18(21(2,3)4)20(25)19(15-17)22(5,6)7/h14-16,26H,10-13H2,1-9H3. The maximum absolute atomic E-state index is 13.0. The fourth-order valence-electron chi connectivity index (χ4n) is 3.08. The minimum atomic E-state index is -0.338. The van der Waals surface area contributed by atoms with Gasteiger partial charge < -0.3 is 0 Å². The maximum atomic E-state index is 13.0. The summed E-state index contributed by atoms with van der Waals surface area (Å²) in [6.45, 7) is 18.7. The zero-order valence-corrected chi connectivity index (χ0v) is 18.4. The van der Waals surface area contributed by atoms with Crippen molar-refractivity contribution < 1.29 is 10.0 Å². The van der Waals surface area contributed by atoms with Crippen LogP contribution in [0.25, 0.3) is 0 Å². The molecule has 0 aromatic rings. The number of ketones is 1. The number of rotatable bonds is 6. The van der Waals surface area contributed by atoms with Gasteiger partial charge in [0, 0.05) is 17.3 Å². The number of allylic oxidation sites excluding steroid dienone is 5. The normalized spacial score (nSPS) is 16.4. The second-order valence-corrected chi connectivity index (χ2v) is 10.2. The number of hydrogen-bond acceptors (Lipinski definition) is 3. The van der Waals surface area contributed by atoms with Crippen molar-refractivity contribution in [3.05, 3.63) is 35.1 Å². The highest BCUT2D eigenvalue weighted by molar-refractivity contribution is 6.11. The molecule has 0 aliphatic heterocycles. The molecule has 0 unspecified atom stereocenters. The number of carbonyl (C=O) groups is 1. The Labute approximate surface area is 160 Å². The Morgan fingerprint density at radius 3 is 1.77 bits per heavy atom. The van der Waals surface area contributed by atoms with E-state index in [2.05, 4.69) is 62.3 Å². The van der Waals surface area contributed by atoms with Crippen molar-refractivity contribution in [2.75, 3.05) is 0 Å². The molecule has 0 saturated heterocycles. The van der Waals surface area contributed by atoms with E-state index in [0.29, 0.717) is 0 Å². The number of nitrogens with zero attached hydrogens (tertiary/aromatic N) is 1. The summed E-state index contributed by atoms with van der Waals surface area (Å²) in [7, 11) is 0. The Balaban J connectivity index is 3.25. The molecule has 0 fully saturated rings. The molecule has 0 radical (unpaired) electrons. The van der Waals surface area contributed by atoms with E-state index in [-0.39, 0.29) is 22.2 Å². The van der Waals surface area contributed by atoms with Gasteiger partial charge in [0.05, 0.1) is 5.54 Å². The van der Waals surface area contributed by atoms with Crippen molar-refractivity contribution in [1.82, 2.24) is 5.06 Å². The van der Waals surface area contributed by atoms with Gasteiger partial charge in [-0.2, -0.15) is 0 Å². The highest BCUT2D eigenvalue weighted by Gasteiger charge is 2.34. The zero-order valence-electron chi connectivity index (χ0n) is 18.4. The third-order valence-electron chi connectivity index (χ3n) is 5.01. The van der Waals surface area contributed by atoms with Crippen LogP contribution in [0.3, 0.4) is 0 Å². The molecule has 0 spiro atoms. The van der Waals surface area contributed by atoms with Gasteiger partial charge in [0.15, 0.2) is 5.78 Å². The first-order chi connectivity index (χ1) is 11.7. The molecule has 0 bridgehead atoms. The van der Waals surface area contributed by atoms with E-state index < -0.39 is 0 Å². The largest absolute Gasteiger partial charge is 0.289 e. The molecule has 26 heavy (non-hydrogen) atoms. The van der Waals surface area contributed by atoms with E-state index in [0.717, 1.165) is 29.6 Å². The van der Waals surface area contributed by atoms with Crippen LogP contribution in [-0.4, -0.2) is 21.6 Å². The van der Waals surface area contributed by atoms with Gasteiger partial charge in [-0.25, -0.2) is 0 Å². The maximum Gasteiger partial charge on any atom is 0.186 e. The molecule has 3 heteroatoms. The van der Waals surface area contributed by atoms with Crippen LogP contribution in [0.1, 0.15) is 88.0 Å². The van der Waals surface area contributed by atoms with E-state index >= 15 is 0 Å². The molecule has 3 nitrogen and oxygen atoms in total. The third-order valence-corrected chi connectivity index (χ3v) is 5.01. The van der Waals surface area contributed by atoms with Crippen molar-refractivity contribution in [2.45, 2.75) is 93.5 Å². The fraction of sp³-hybridized carbons (Fsp3) is 0.696. The smallest absolute Gasteiger partial charge is 0.186 e. The Hall–Kier alpha value is -1.35. The second-order valence-electron chi connectivity index (χ2n) is 10.2. The molecular weight excluding hydrogens is 322 g/mol. The van der Waals surface area contributed by atoms with E-state index in [1.54, 1.807) is 6.20 Å². The summed E-state index contributed by atoms with van der Waals surface area (Å²) < 4.78 is 0. The molecule has 1 rings (SSSR count). The summed E-state index contributed by atoms with van der Waals surface area (Å²) in [5.41, 5.74) is 1.66. The number of hydroxylamine groups is 2. The molecule has 0 amide bonds. The Kier molecular flexibility index (Phi) is 7.09. The lowest BCUT2D eigenvalue weighted by Gasteiger charge is -2.34. The van der Waals surface area contributed by atoms with Gasteiger partial charge in [-0.15, -0.1) is 0 Å². The second kappa shape index (κ2) is 8.12. The predicted octanol–water partition coefficient (Wildman–Crippen LogP) is 6.45. The molecule has 0 atom stereocenters. The van der Waals surface area contributed by atoms with Gasteiger partial charge in [-0.05, 0) is 48.8 Å². The SMILES string of the molecule is CCCCCC(C)(C)N(O)C=C1C=C(C(C)(C)C)C(=O)C(C(C)(C)C)=C1. The van der Waals surface area contributed by atoms with E-state index in [1.165, 1.54) is 17.9 Å². The first kappa shape index (κ1) is 22.7. The number of Topliss-reactive ketones (excluding diaryl/α,β-unsaturated/α-hetero) is 1. The average molecular weight is 362 g/mol. The molecule has 1 aliphatic carbocycles. The summed E-state index contributed by atoms with van der Waals surface area (Å²) >= 11 is 0. The summed E-state index contributed by atoms with van der Waals surface area (Å²) in [6.07, 6.45) is 9.99. The van der Waals surface area contributed by atoms with Gasteiger partial charge in [-0.1, -0.05) is 67.7 Å². The van der Waals surface area contributed by atoms with Crippen LogP contribution in [0.4, 0.5) is 0 Å². The number of carbonyl (C=O) groups excluding carboxylic acids is 1. The zero-order chi connectivity index (χ0) is 20.3. The minimum Gasteiger partial charge on any atom is -0.289 e. The lowest BCUT2D eigenvalue weighted by molar-refractivity contribution is -0.121. The summed E-state index contributed by atoms with van der Waals surface area (Å²) in [5, 5.41) is 12.0. The molecule has 1 aliphatic rings. The monoisotopic (exact) mass is 361 g/mol. The third kappa shape index (κ3) is 5.84. The van der Waals surface area contributed by atoms with Gasteiger partial charge in [0.25, 0.3) is 0 Å². The molecule has 0 aromatic carbocycles. The van der Waals surface area contributed by atoms with E-state index in [1.807, 2.05) is 12.2 Å². The Morgan fingerprint density at radius 1 is 0.923 bits per heavy atom. The van der Waals surface area contributed by atoms with Crippen molar-refractivity contribution in [2.24, 2.45) is 10.8 Å². The van der Waals surface area contributed by atoms with Crippen LogP contribution in [-0.2, 0) is 4.79 Å². The quantitative estimate of drug-likeness (QED) is 0.436. The van der Waals surface area contributed by atoms with Crippen molar-refractivity contribution in [3.8, 4) is 0 Å². The van der Waals surface area contributed by atoms with Gasteiger partial charge in [0.1, 0.15) is 0 Å².